The lowest BCUT2D eigenvalue weighted by atomic mass is 10.2. The molecule has 0 unspecified atom stereocenters. The Balaban J connectivity index is 1.67. The molecule has 0 saturated carbocycles. The van der Waals surface area contributed by atoms with Crippen LogP contribution in [0.1, 0.15) is 18.9 Å². The van der Waals surface area contributed by atoms with E-state index in [0.29, 0.717) is 6.04 Å². The number of nitrogens with zero attached hydrogens (tertiary/aromatic N) is 4. The molecule has 23 heavy (non-hydrogen) atoms. The van der Waals surface area contributed by atoms with Crippen LogP contribution < -0.4 is 10.6 Å². The van der Waals surface area contributed by atoms with Gasteiger partial charge in [0.25, 0.3) is 0 Å². The molecule has 2 N–H and O–H groups in total. The Bertz CT molecular complexity index is 819. The van der Waals surface area contributed by atoms with E-state index in [1.807, 2.05) is 6.20 Å². The summed E-state index contributed by atoms with van der Waals surface area (Å²) in [5.41, 5.74) is 4.02. The third-order valence-corrected chi connectivity index (χ3v) is 4.30. The van der Waals surface area contributed by atoms with E-state index in [2.05, 4.69) is 50.3 Å². The van der Waals surface area contributed by atoms with Crippen LogP contribution in [0, 0.1) is 0 Å². The zero-order valence-corrected chi connectivity index (χ0v) is 13.2. The number of aryl methyl sites for hydroxylation is 1. The third-order valence-electron chi connectivity index (χ3n) is 4.30. The molecule has 1 aliphatic rings. The van der Waals surface area contributed by atoms with E-state index >= 15 is 0 Å². The predicted molar refractivity (Wildman–Crippen MR) is 90.5 cm³/mol. The zero-order valence-electron chi connectivity index (χ0n) is 13.2. The first-order valence-electron chi connectivity index (χ1n) is 8.09. The molecule has 0 amide bonds. The number of pyridine rings is 1. The van der Waals surface area contributed by atoms with Gasteiger partial charge in [0.1, 0.15) is 17.2 Å². The van der Waals surface area contributed by atoms with E-state index in [9.17, 15) is 0 Å². The number of aromatic nitrogens is 4. The van der Waals surface area contributed by atoms with Gasteiger partial charge in [-0.25, -0.2) is 9.97 Å². The summed E-state index contributed by atoms with van der Waals surface area (Å²) in [5, 5.41) is 6.79. The molecule has 1 saturated heterocycles. The summed E-state index contributed by atoms with van der Waals surface area (Å²) >= 11 is 0. The van der Waals surface area contributed by atoms with E-state index in [1.54, 1.807) is 12.4 Å². The van der Waals surface area contributed by atoms with Crippen molar-refractivity contribution in [3.05, 3.63) is 42.5 Å². The molecule has 118 valence electrons. The normalized spacial score (nSPS) is 17.7. The first-order valence-corrected chi connectivity index (χ1v) is 8.09. The molecule has 0 aliphatic carbocycles. The summed E-state index contributed by atoms with van der Waals surface area (Å²) in [6, 6.07) is 4.66. The van der Waals surface area contributed by atoms with Crippen LogP contribution in [0.3, 0.4) is 0 Å². The summed E-state index contributed by atoms with van der Waals surface area (Å²) in [5.74, 6) is 0.816. The highest BCUT2D eigenvalue weighted by Gasteiger charge is 2.15. The third kappa shape index (κ3) is 2.77. The average Bonchev–Trinajstić information content (AvgIpc) is 3.23. The summed E-state index contributed by atoms with van der Waals surface area (Å²) in [6.07, 6.45) is 9.60. The molecule has 3 aromatic heterocycles. The Morgan fingerprint density at radius 1 is 1.35 bits per heavy atom. The summed E-state index contributed by atoms with van der Waals surface area (Å²) in [6.45, 7) is 4.17. The Labute approximate surface area is 135 Å². The van der Waals surface area contributed by atoms with Gasteiger partial charge in [-0.15, -0.1) is 0 Å². The van der Waals surface area contributed by atoms with Crippen LogP contribution in [0.4, 0.5) is 5.82 Å². The van der Waals surface area contributed by atoms with Crippen LogP contribution in [0.15, 0.2) is 36.9 Å². The first-order chi connectivity index (χ1) is 11.3. The van der Waals surface area contributed by atoms with Crippen molar-refractivity contribution >= 4 is 11.5 Å². The molecule has 4 rings (SSSR count). The van der Waals surface area contributed by atoms with Gasteiger partial charge < -0.3 is 10.6 Å². The average molecular weight is 308 g/mol. The Kier molecular flexibility index (Phi) is 3.67. The summed E-state index contributed by atoms with van der Waals surface area (Å²) in [7, 11) is 0. The number of rotatable bonds is 4. The van der Waals surface area contributed by atoms with Gasteiger partial charge in [0.05, 0.1) is 24.3 Å². The van der Waals surface area contributed by atoms with Crippen molar-refractivity contribution in [3.8, 4) is 11.4 Å². The summed E-state index contributed by atoms with van der Waals surface area (Å²) < 4.78 is 2.06. The molecule has 6 nitrogen and oxygen atoms in total. The largest absolute Gasteiger partial charge is 0.365 e. The van der Waals surface area contributed by atoms with Crippen molar-refractivity contribution in [1.82, 2.24) is 24.7 Å². The van der Waals surface area contributed by atoms with Gasteiger partial charge in [0.2, 0.25) is 0 Å². The molecule has 1 aliphatic heterocycles. The standard InChI is InChI=1S/C17H20N6/c1-2-12-4-6-23-15(10-20-17(23)7-12)14-9-19-11-16(22-14)21-13-3-5-18-8-13/h4,6-7,9-11,13,18H,2-3,5,8H2,1H3,(H,21,22)/t13-/m1/s1. The fraction of sp³-hybridized carbons (Fsp3) is 0.353. The predicted octanol–water partition coefficient (Wildman–Crippen LogP) is 2.13. The van der Waals surface area contributed by atoms with Crippen molar-refractivity contribution < 1.29 is 0 Å². The Hall–Kier alpha value is -2.47. The van der Waals surface area contributed by atoms with E-state index in [1.165, 1.54) is 5.56 Å². The van der Waals surface area contributed by atoms with E-state index in [-0.39, 0.29) is 0 Å². The minimum absolute atomic E-state index is 0.425. The maximum atomic E-state index is 4.71. The molecule has 0 aromatic carbocycles. The summed E-state index contributed by atoms with van der Waals surface area (Å²) in [4.78, 5) is 13.5. The van der Waals surface area contributed by atoms with Gasteiger partial charge >= 0.3 is 0 Å². The number of anilines is 1. The van der Waals surface area contributed by atoms with Crippen molar-refractivity contribution in [3.63, 3.8) is 0 Å². The quantitative estimate of drug-likeness (QED) is 0.773. The minimum atomic E-state index is 0.425. The molecule has 1 fully saturated rings. The fourth-order valence-corrected chi connectivity index (χ4v) is 2.98. The van der Waals surface area contributed by atoms with Gasteiger partial charge in [-0.3, -0.25) is 9.38 Å². The lowest BCUT2D eigenvalue weighted by Gasteiger charge is -2.12. The monoisotopic (exact) mass is 308 g/mol. The molecule has 0 bridgehead atoms. The highest BCUT2D eigenvalue weighted by Crippen LogP contribution is 2.21. The number of nitrogens with one attached hydrogen (secondary N) is 2. The second kappa shape index (κ2) is 5.96. The van der Waals surface area contributed by atoms with E-state index in [0.717, 1.165) is 48.8 Å². The van der Waals surface area contributed by atoms with Crippen molar-refractivity contribution in [2.75, 3.05) is 18.4 Å². The van der Waals surface area contributed by atoms with E-state index < -0.39 is 0 Å². The SMILES string of the molecule is CCc1ccn2c(-c3cncc(N[C@@H]4CCNC4)n3)cnc2c1. The maximum absolute atomic E-state index is 4.71. The second-order valence-electron chi connectivity index (χ2n) is 5.88. The molecular formula is C17H20N6. The molecule has 6 heteroatoms. The topological polar surface area (TPSA) is 67.1 Å². The molecule has 4 heterocycles. The van der Waals surface area contributed by atoms with Crippen molar-refractivity contribution in [2.24, 2.45) is 0 Å². The van der Waals surface area contributed by atoms with Crippen LogP contribution in [0.2, 0.25) is 0 Å². The number of imidazole rings is 1. The van der Waals surface area contributed by atoms with Crippen LogP contribution in [0.5, 0.6) is 0 Å². The highest BCUT2D eigenvalue weighted by atomic mass is 15.1. The maximum Gasteiger partial charge on any atom is 0.145 e. The molecule has 0 spiro atoms. The molecule has 3 aromatic rings. The van der Waals surface area contributed by atoms with Gasteiger partial charge in [0, 0.05) is 18.8 Å². The van der Waals surface area contributed by atoms with Gasteiger partial charge in [-0.05, 0) is 37.1 Å². The first kappa shape index (κ1) is 14.1. The number of fused-ring (bicyclic) bond motifs is 1. The van der Waals surface area contributed by atoms with Crippen LogP contribution in [-0.2, 0) is 6.42 Å². The lowest BCUT2D eigenvalue weighted by molar-refractivity contribution is 0.786. The van der Waals surface area contributed by atoms with Crippen LogP contribution in [0.25, 0.3) is 17.0 Å². The molecular weight excluding hydrogens is 288 g/mol. The zero-order chi connectivity index (χ0) is 15.6. The van der Waals surface area contributed by atoms with Gasteiger partial charge in [-0.2, -0.15) is 0 Å². The number of hydrogen-bond acceptors (Lipinski definition) is 5. The van der Waals surface area contributed by atoms with Crippen LogP contribution >= 0.6 is 0 Å². The minimum Gasteiger partial charge on any atom is -0.365 e. The highest BCUT2D eigenvalue weighted by molar-refractivity contribution is 5.61. The Morgan fingerprint density at radius 3 is 3.13 bits per heavy atom. The molecule has 0 radical (unpaired) electrons. The van der Waals surface area contributed by atoms with Crippen molar-refractivity contribution in [1.29, 1.82) is 0 Å². The molecule has 1 atom stereocenters. The smallest absolute Gasteiger partial charge is 0.145 e. The van der Waals surface area contributed by atoms with E-state index in [4.69, 9.17) is 4.98 Å². The number of hydrogen-bond donors (Lipinski definition) is 2. The van der Waals surface area contributed by atoms with Crippen LogP contribution in [-0.4, -0.2) is 38.5 Å². The second-order valence-corrected chi connectivity index (χ2v) is 5.88. The lowest BCUT2D eigenvalue weighted by Crippen LogP contribution is -2.22. The van der Waals surface area contributed by atoms with Gasteiger partial charge in [-0.1, -0.05) is 6.92 Å². The van der Waals surface area contributed by atoms with Gasteiger partial charge in [0.15, 0.2) is 0 Å². The Morgan fingerprint density at radius 2 is 2.30 bits per heavy atom. The fourth-order valence-electron chi connectivity index (χ4n) is 2.98. The van der Waals surface area contributed by atoms with Crippen molar-refractivity contribution in [2.45, 2.75) is 25.8 Å².